The Hall–Kier alpha value is -1.55. The van der Waals surface area contributed by atoms with Crippen LogP contribution in [-0.2, 0) is 6.61 Å². The second-order valence-electron chi connectivity index (χ2n) is 3.14. The molecule has 0 aliphatic heterocycles. The van der Waals surface area contributed by atoms with E-state index in [4.69, 9.17) is 9.15 Å². The zero-order valence-corrected chi connectivity index (χ0v) is 9.94. The molecule has 82 valence electrons. The first-order chi connectivity index (χ1) is 7.79. The van der Waals surface area contributed by atoms with Crippen molar-refractivity contribution < 1.29 is 13.9 Å². The highest BCUT2D eigenvalue weighted by molar-refractivity contribution is 9.10. The molecule has 2 rings (SSSR count). The zero-order valence-electron chi connectivity index (χ0n) is 8.35. The van der Waals surface area contributed by atoms with Crippen LogP contribution < -0.4 is 4.74 Å². The number of furan rings is 1. The van der Waals surface area contributed by atoms with Gasteiger partial charge in [-0.15, -0.1) is 0 Å². The van der Waals surface area contributed by atoms with Gasteiger partial charge in [-0.1, -0.05) is 12.1 Å². The molecule has 16 heavy (non-hydrogen) atoms. The van der Waals surface area contributed by atoms with Crippen LogP contribution in [0, 0.1) is 0 Å². The van der Waals surface area contributed by atoms with E-state index in [2.05, 4.69) is 15.9 Å². The minimum Gasteiger partial charge on any atom is -0.484 e. The quantitative estimate of drug-likeness (QED) is 0.806. The van der Waals surface area contributed by atoms with Crippen molar-refractivity contribution >= 4 is 22.2 Å². The van der Waals surface area contributed by atoms with Gasteiger partial charge in [0.2, 0.25) is 0 Å². The molecule has 0 bridgehead atoms. The van der Waals surface area contributed by atoms with Gasteiger partial charge in [-0.2, -0.15) is 0 Å². The van der Waals surface area contributed by atoms with Crippen molar-refractivity contribution in [3.8, 4) is 5.75 Å². The monoisotopic (exact) mass is 280 g/mol. The first kappa shape index (κ1) is 11.0. The minimum atomic E-state index is 0.302. The lowest BCUT2D eigenvalue weighted by Crippen LogP contribution is -1.94. The standard InChI is InChI=1S/C12H9BrO3/c13-11-3-1-2-4-12(11)15-8-10-6-5-9(7-14)16-10/h1-7H,8H2. The summed E-state index contributed by atoms with van der Waals surface area (Å²) in [5, 5.41) is 0. The molecule has 2 aromatic rings. The van der Waals surface area contributed by atoms with Gasteiger partial charge in [0.05, 0.1) is 4.47 Å². The van der Waals surface area contributed by atoms with Crippen molar-refractivity contribution in [1.29, 1.82) is 0 Å². The summed E-state index contributed by atoms with van der Waals surface area (Å²) in [7, 11) is 0. The van der Waals surface area contributed by atoms with Crippen molar-refractivity contribution in [3.05, 3.63) is 52.4 Å². The summed E-state index contributed by atoms with van der Waals surface area (Å²) in [5.41, 5.74) is 0. The van der Waals surface area contributed by atoms with Crippen LogP contribution in [0.3, 0.4) is 0 Å². The third kappa shape index (κ3) is 2.52. The molecule has 0 amide bonds. The Morgan fingerprint density at radius 3 is 2.75 bits per heavy atom. The molecule has 0 aliphatic rings. The van der Waals surface area contributed by atoms with Gasteiger partial charge >= 0.3 is 0 Å². The van der Waals surface area contributed by atoms with Crippen LogP contribution in [-0.4, -0.2) is 6.29 Å². The number of hydrogen-bond acceptors (Lipinski definition) is 3. The van der Waals surface area contributed by atoms with Gasteiger partial charge in [-0.25, -0.2) is 0 Å². The molecule has 0 N–H and O–H groups in total. The van der Waals surface area contributed by atoms with E-state index in [0.717, 1.165) is 10.2 Å². The normalized spacial score (nSPS) is 10.1. The fourth-order valence-corrected chi connectivity index (χ4v) is 1.65. The van der Waals surface area contributed by atoms with Crippen molar-refractivity contribution in [2.24, 2.45) is 0 Å². The minimum absolute atomic E-state index is 0.302. The highest BCUT2D eigenvalue weighted by atomic mass is 79.9. The molecular weight excluding hydrogens is 272 g/mol. The fraction of sp³-hybridized carbons (Fsp3) is 0.0833. The molecule has 0 saturated heterocycles. The summed E-state index contributed by atoms with van der Waals surface area (Å²) in [6, 6.07) is 10.9. The third-order valence-electron chi connectivity index (χ3n) is 2.01. The van der Waals surface area contributed by atoms with Crippen molar-refractivity contribution in [1.82, 2.24) is 0 Å². The Morgan fingerprint density at radius 2 is 2.06 bits per heavy atom. The van der Waals surface area contributed by atoms with Gasteiger partial charge in [-0.05, 0) is 40.2 Å². The van der Waals surface area contributed by atoms with Crippen LogP contribution in [0.15, 0.2) is 45.3 Å². The molecule has 1 heterocycles. The molecule has 0 atom stereocenters. The summed E-state index contributed by atoms with van der Waals surface area (Å²) in [5.74, 6) is 1.68. The number of para-hydroxylation sites is 1. The van der Waals surface area contributed by atoms with Gasteiger partial charge < -0.3 is 9.15 Å². The number of ether oxygens (including phenoxy) is 1. The van der Waals surface area contributed by atoms with E-state index in [1.54, 1.807) is 12.1 Å². The number of carbonyl (C=O) groups excluding carboxylic acids is 1. The number of benzene rings is 1. The molecule has 4 heteroatoms. The number of carbonyl (C=O) groups is 1. The van der Waals surface area contributed by atoms with E-state index < -0.39 is 0 Å². The van der Waals surface area contributed by atoms with E-state index in [-0.39, 0.29) is 0 Å². The second kappa shape index (κ2) is 4.99. The maximum Gasteiger partial charge on any atom is 0.185 e. The Bertz CT molecular complexity index is 491. The van der Waals surface area contributed by atoms with Crippen LogP contribution >= 0.6 is 15.9 Å². The molecule has 0 spiro atoms. The topological polar surface area (TPSA) is 39.4 Å². The fourth-order valence-electron chi connectivity index (χ4n) is 1.25. The van der Waals surface area contributed by atoms with Crippen molar-refractivity contribution in [2.45, 2.75) is 6.61 Å². The van der Waals surface area contributed by atoms with E-state index >= 15 is 0 Å². The Kier molecular flexibility index (Phi) is 3.41. The van der Waals surface area contributed by atoms with E-state index in [1.807, 2.05) is 24.3 Å². The largest absolute Gasteiger partial charge is 0.484 e. The Morgan fingerprint density at radius 1 is 1.25 bits per heavy atom. The van der Waals surface area contributed by atoms with E-state index in [1.165, 1.54) is 0 Å². The molecule has 3 nitrogen and oxygen atoms in total. The smallest absolute Gasteiger partial charge is 0.185 e. The third-order valence-corrected chi connectivity index (χ3v) is 2.66. The summed E-state index contributed by atoms with van der Waals surface area (Å²) < 4.78 is 11.6. The molecule has 0 fully saturated rings. The van der Waals surface area contributed by atoms with Crippen molar-refractivity contribution in [3.63, 3.8) is 0 Å². The first-order valence-electron chi connectivity index (χ1n) is 4.71. The van der Waals surface area contributed by atoms with Crippen LogP contribution in [0.4, 0.5) is 0 Å². The van der Waals surface area contributed by atoms with Crippen LogP contribution in [0.5, 0.6) is 5.75 Å². The summed E-state index contributed by atoms with van der Waals surface area (Å²) in [6.45, 7) is 0.302. The van der Waals surface area contributed by atoms with Crippen molar-refractivity contribution in [2.75, 3.05) is 0 Å². The average molecular weight is 281 g/mol. The molecular formula is C12H9BrO3. The molecule has 1 aromatic carbocycles. The number of rotatable bonds is 4. The molecule has 0 aliphatic carbocycles. The van der Waals surface area contributed by atoms with Crippen LogP contribution in [0.25, 0.3) is 0 Å². The predicted molar refractivity (Wildman–Crippen MR) is 62.6 cm³/mol. The maximum atomic E-state index is 10.4. The molecule has 0 saturated carbocycles. The number of halogens is 1. The number of aldehydes is 1. The zero-order chi connectivity index (χ0) is 11.4. The second-order valence-corrected chi connectivity index (χ2v) is 4.00. The Labute approximate surface area is 101 Å². The van der Waals surface area contributed by atoms with E-state index in [9.17, 15) is 4.79 Å². The maximum absolute atomic E-state index is 10.4. The lowest BCUT2D eigenvalue weighted by atomic mass is 10.3. The molecule has 0 radical (unpaired) electrons. The van der Waals surface area contributed by atoms with Gasteiger partial charge in [0.15, 0.2) is 12.0 Å². The summed E-state index contributed by atoms with van der Waals surface area (Å²) >= 11 is 3.38. The molecule has 0 unspecified atom stereocenters. The average Bonchev–Trinajstić information content (AvgIpc) is 2.76. The highest BCUT2D eigenvalue weighted by Crippen LogP contribution is 2.24. The predicted octanol–water partition coefficient (Wildman–Crippen LogP) is 3.43. The van der Waals surface area contributed by atoms with Gasteiger partial charge in [0.1, 0.15) is 18.1 Å². The Balaban J connectivity index is 2.02. The summed E-state index contributed by atoms with van der Waals surface area (Å²) in [4.78, 5) is 10.4. The van der Waals surface area contributed by atoms with Crippen LogP contribution in [0.2, 0.25) is 0 Å². The van der Waals surface area contributed by atoms with Gasteiger partial charge in [0, 0.05) is 0 Å². The lowest BCUT2D eigenvalue weighted by molar-refractivity contribution is 0.109. The van der Waals surface area contributed by atoms with Gasteiger partial charge in [-0.3, -0.25) is 4.79 Å². The highest BCUT2D eigenvalue weighted by Gasteiger charge is 2.03. The first-order valence-corrected chi connectivity index (χ1v) is 5.50. The lowest BCUT2D eigenvalue weighted by Gasteiger charge is -2.05. The van der Waals surface area contributed by atoms with E-state index in [0.29, 0.717) is 24.4 Å². The van der Waals surface area contributed by atoms with Crippen LogP contribution in [0.1, 0.15) is 16.3 Å². The molecule has 1 aromatic heterocycles. The summed E-state index contributed by atoms with van der Waals surface area (Å²) in [6.07, 6.45) is 0.669. The SMILES string of the molecule is O=Cc1ccc(COc2ccccc2Br)o1. The van der Waals surface area contributed by atoms with Gasteiger partial charge in [0.25, 0.3) is 0 Å². The number of hydrogen-bond donors (Lipinski definition) is 0.